The van der Waals surface area contributed by atoms with Crippen LogP contribution in [0.1, 0.15) is 24.5 Å². The lowest BCUT2D eigenvalue weighted by molar-refractivity contribution is -0.141. The van der Waals surface area contributed by atoms with Gasteiger partial charge in [-0.2, -0.15) is 0 Å². The average molecular weight is 251 g/mol. The molecule has 1 rings (SSSR count). The van der Waals surface area contributed by atoms with Crippen molar-refractivity contribution in [1.29, 1.82) is 0 Å². The molecule has 0 amide bonds. The Bertz CT molecular complexity index is 429. The monoisotopic (exact) mass is 251 g/mol. The van der Waals surface area contributed by atoms with Gasteiger partial charge in [-0.1, -0.05) is 6.92 Å². The number of methoxy groups -OCH3 is 1. The molecular formula is C14H21NO3. The van der Waals surface area contributed by atoms with Crippen molar-refractivity contribution >= 4 is 11.7 Å². The van der Waals surface area contributed by atoms with Gasteiger partial charge in [0.2, 0.25) is 0 Å². The van der Waals surface area contributed by atoms with Gasteiger partial charge in [-0.05, 0) is 43.5 Å². The van der Waals surface area contributed by atoms with Crippen molar-refractivity contribution in [2.75, 3.05) is 19.0 Å². The number of rotatable bonds is 6. The fourth-order valence-electron chi connectivity index (χ4n) is 1.76. The van der Waals surface area contributed by atoms with E-state index in [2.05, 4.69) is 5.32 Å². The lowest BCUT2D eigenvalue weighted by atomic mass is 10.1. The topological polar surface area (TPSA) is 58.6 Å². The number of nitrogens with one attached hydrogen (secondary N) is 1. The highest BCUT2D eigenvalue weighted by Gasteiger charge is 2.11. The van der Waals surface area contributed by atoms with Gasteiger partial charge in [0.25, 0.3) is 0 Å². The van der Waals surface area contributed by atoms with E-state index >= 15 is 0 Å². The summed E-state index contributed by atoms with van der Waals surface area (Å²) in [5.74, 6) is -0.200. The molecule has 0 saturated heterocycles. The van der Waals surface area contributed by atoms with Gasteiger partial charge < -0.3 is 15.2 Å². The van der Waals surface area contributed by atoms with Gasteiger partial charge in [0, 0.05) is 12.2 Å². The van der Waals surface area contributed by atoms with Gasteiger partial charge in [0.1, 0.15) is 5.75 Å². The van der Waals surface area contributed by atoms with Crippen LogP contribution in [0.15, 0.2) is 12.1 Å². The Morgan fingerprint density at radius 2 is 2.06 bits per heavy atom. The van der Waals surface area contributed by atoms with Crippen LogP contribution in [-0.4, -0.2) is 24.7 Å². The van der Waals surface area contributed by atoms with E-state index in [-0.39, 0.29) is 5.92 Å². The molecule has 0 aliphatic rings. The summed E-state index contributed by atoms with van der Waals surface area (Å²) < 4.78 is 5.25. The summed E-state index contributed by atoms with van der Waals surface area (Å²) in [7, 11) is 1.66. The summed E-state index contributed by atoms with van der Waals surface area (Å²) in [6.45, 7) is 6.41. The minimum absolute atomic E-state index is 0.322. The fraction of sp³-hybridized carbons (Fsp3) is 0.500. The van der Waals surface area contributed by atoms with Crippen molar-refractivity contribution in [3.8, 4) is 5.75 Å². The Labute approximate surface area is 108 Å². The zero-order valence-electron chi connectivity index (χ0n) is 11.4. The first-order valence-corrected chi connectivity index (χ1v) is 6.08. The number of hydrogen-bond donors (Lipinski definition) is 2. The lowest BCUT2D eigenvalue weighted by Gasteiger charge is -2.15. The Morgan fingerprint density at radius 3 is 2.61 bits per heavy atom. The molecule has 0 fully saturated rings. The zero-order chi connectivity index (χ0) is 13.7. The zero-order valence-corrected chi connectivity index (χ0v) is 11.4. The van der Waals surface area contributed by atoms with E-state index in [1.165, 1.54) is 0 Å². The molecule has 0 aromatic heterocycles. The number of carbonyl (C=O) groups is 1. The van der Waals surface area contributed by atoms with Gasteiger partial charge in [0.15, 0.2) is 0 Å². The van der Waals surface area contributed by atoms with Crippen molar-refractivity contribution in [2.24, 2.45) is 5.92 Å². The van der Waals surface area contributed by atoms with E-state index in [4.69, 9.17) is 9.84 Å². The van der Waals surface area contributed by atoms with Crippen molar-refractivity contribution < 1.29 is 14.6 Å². The van der Waals surface area contributed by atoms with E-state index in [1.54, 1.807) is 14.0 Å². The van der Waals surface area contributed by atoms with Crippen molar-refractivity contribution in [3.63, 3.8) is 0 Å². The smallest absolute Gasteiger partial charge is 0.306 e. The van der Waals surface area contributed by atoms with Crippen LogP contribution in [-0.2, 0) is 4.79 Å². The summed E-state index contributed by atoms with van der Waals surface area (Å²) in [6.07, 6.45) is 0.611. The molecule has 0 bridgehead atoms. The van der Waals surface area contributed by atoms with E-state index in [1.807, 2.05) is 26.0 Å². The van der Waals surface area contributed by atoms with Crippen LogP contribution in [0.3, 0.4) is 0 Å². The third-order valence-corrected chi connectivity index (χ3v) is 3.27. The molecule has 0 heterocycles. The molecule has 18 heavy (non-hydrogen) atoms. The molecule has 0 spiro atoms. The molecule has 0 aliphatic heterocycles. The van der Waals surface area contributed by atoms with Crippen LogP contribution < -0.4 is 10.1 Å². The predicted molar refractivity (Wildman–Crippen MR) is 72.4 cm³/mol. The number of hydrogen-bond acceptors (Lipinski definition) is 3. The van der Waals surface area contributed by atoms with Crippen LogP contribution in [0.25, 0.3) is 0 Å². The van der Waals surface area contributed by atoms with Crippen molar-refractivity contribution in [1.82, 2.24) is 0 Å². The second-order valence-corrected chi connectivity index (χ2v) is 4.52. The molecule has 0 radical (unpaired) electrons. The standard InChI is InChI=1S/C14H21NO3/c1-9(14(16)17)7-8-15-12-5-6-13(18-4)11(3)10(12)2/h5-6,9,15H,7-8H2,1-4H3,(H,16,17). The van der Waals surface area contributed by atoms with Crippen LogP contribution in [0.2, 0.25) is 0 Å². The molecule has 1 aromatic carbocycles. The van der Waals surface area contributed by atoms with Crippen molar-refractivity contribution in [3.05, 3.63) is 23.3 Å². The quantitative estimate of drug-likeness (QED) is 0.816. The molecule has 0 aliphatic carbocycles. The Hall–Kier alpha value is -1.71. The van der Waals surface area contributed by atoms with Gasteiger partial charge in [-0.15, -0.1) is 0 Å². The summed E-state index contributed by atoms with van der Waals surface area (Å²) in [4.78, 5) is 10.7. The summed E-state index contributed by atoms with van der Waals surface area (Å²) in [5, 5.41) is 12.1. The van der Waals surface area contributed by atoms with Crippen LogP contribution >= 0.6 is 0 Å². The van der Waals surface area contributed by atoms with Crippen LogP contribution in [0.5, 0.6) is 5.75 Å². The Morgan fingerprint density at radius 1 is 1.39 bits per heavy atom. The lowest BCUT2D eigenvalue weighted by Crippen LogP contribution is -2.14. The number of aliphatic carboxylic acids is 1. The maximum absolute atomic E-state index is 10.7. The number of carboxylic acids is 1. The first-order chi connectivity index (χ1) is 8.47. The highest BCUT2D eigenvalue weighted by atomic mass is 16.5. The maximum Gasteiger partial charge on any atom is 0.306 e. The molecule has 0 saturated carbocycles. The van der Waals surface area contributed by atoms with E-state index in [0.717, 1.165) is 22.6 Å². The van der Waals surface area contributed by atoms with Gasteiger partial charge in [-0.3, -0.25) is 4.79 Å². The molecular weight excluding hydrogens is 230 g/mol. The third-order valence-electron chi connectivity index (χ3n) is 3.27. The van der Waals surface area contributed by atoms with Crippen molar-refractivity contribution in [2.45, 2.75) is 27.2 Å². The van der Waals surface area contributed by atoms with E-state index < -0.39 is 5.97 Å². The summed E-state index contributed by atoms with van der Waals surface area (Å²) in [5.41, 5.74) is 3.27. The number of carboxylic acid groups (broad SMARTS) is 1. The highest BCUT2D eigenvalue weighted by Crippen LogP contribution is 2.27. The molecule has 1 unspecified atom stereocenters. The number of anilines is 1. The van der Waals surface area contributed by atoms with Gasteiger partial charge >= 0.3 is 5.97 Å². The first-order valence-electron chi connectivity index (χ1n) is 6.08. The molecule has 2 N–H and O–H groups in total. The highest BCUT2D eigenvalue weighted by molar-refractivity contribution is 5.69. The molecule has 1 aromatic rings. The first kappa shape index (κ1) is 14.4. The largest absolute Gasteiger partial charge is 0.496 e. The van der Waals surface area contributed by atoms with Gasteiger partial charge in [-0.25, -0.2) is 0 Å². The molecule has 4 nitrogen and oxygen atoms in total. The normalized spacial score (nSPS) is 12.0. The minimum atomic E-state index is -0.751. The summed E-state index contributed by atoms with van der Waals surface area (Å²) >= 11 is 0. The van der Waals surface area contributed by atoms with Gasteiger partial charge in [0.05, 0.1) is 13.0 Å². The third kappa shape index (κ3) is 3.39. The van der Waals surface area contributed by atoms with Crippen LogP contribution in [0, 0.1) is 19.8 Å². The second-order valence-electron chi connectivity index (χ2n) is 4.52. The number of benzene rings is 1. The Balaban J connectivity index is 2.63. The predicted octanol–water partition coefficient (Wildman–Crippen LogP) is 2.83. The van der Waals surface area contributed by atoms with Crippen LogP contribution in [0.4, 0.5) is 5.69 Å². The molecule has 1 atom stereocenters. The fourth-order valence-corrected chi connectivity index (χ4v) is 1.76. The minimum Gasteiger partial charge on any atom is -0.496 e. The average Bonchev–Trinajstić information content (AvgIpc) is 2.34. The van der Waals surface area contributed by atoms with E-state index in [0.29, 0.717) is 13.0 Å². The SMILES string of the molecule is COc1ccc(NCCC(C)C(=O)O)c(C)c1C. The second kappa shape index (κ2) is 6.28. The molecule has 100 valence electrons. The molecule has 4 heteroatoms. The summed E-state index contributed by atoms with van der Waals surface area (Å²) in [6, 6.07) is 3.89. The number of ether oxygens (including phenoxy) is 1. The Kier molecular flexibility index (Phi) is 5.01. The van der Waals surface area contributed by atoms with E-state index in [9.17, 15) is 4.79 Å². The maximum atomic E-state index is 10.7.